The molecule has 0 aliphatic carbocycles. The minimum absolute atomic E-state index is 0.0692. The molecule has 168 valence electrons. The Labute approximate surface area is 186 Å². The lowest BCUT2D eigenvalue weighted by molar-refractivity contribution is -0.141. The van der Waals surface area contributed by atoms with Crippen LogP contribution in [0.4, 0.5) is 0 Å². The number of phenolic OH excluding ortho intramolecular Hbond substituents is 1. The van der Waals surface area contributed by atoms with Gasteiger partial charge in [-0.2, -0.15) is 0 Å². The number of aliphatic hydroxyl groups is 1. The predicted octanol–water partition coefficient (Wildman–Crippen LogP) is 1.78. The largest absolute Gasteiger partial charge is 0.508 e. The average Bonchev–Trinajstić information content (AvgIpc) is 3.30. The molecule has 3 atom stereocenters. The Morgan fingerprint density at radius 2 is 2.10 bits per heavy atom. The van der Waals surface area contributed by atoms with Crippen molar-refractivity contribution in [2.24, 2.45) is 11.1 Å². The van der Waals surface area contributed by atoms with Crippen LogP contribution < -0.4 is 11.1 Å². The molecule has 31 heavy (non-hydrogen) atoms. The number of phenols is 1. The number of nitrogens with one attached hydrogen (secondary N) is 1. The molecule has 1 aromatic heterocycles. The van der Waals surface area contributed by atoms with E-state index >= 15 is 0 Å². The molecular formula is C22H30N4O4S. The van der Waals surface area contributed by atoms with E-state index in [0.29, 0.717) is 5.56 Å². The van der Waals surface area contributed by atoms with E-state index in [1.54, 1.807) is 17.6 Å². The van der Waals surface area contributed by atoms with Crippen molar-refractivity contribution in [1.82, 2.24) is 15.2 Å². The van der Waals surface area contributed by atoms with Crippen molar-refractivity contribution in [3.63, 3.8) is 0 Å². The first-order chi connectivity index (χ1) is 14.5. The zero-order valence-electron chi connectivity index (χ0n) is 18.3. The summed E-state index contributed by atoms with van der Waals surface area (Å²) >= 11 is 1.50. The van der Waals surface area contributed by atoms with Crippen molar-refractivity contribution in [2.45, 2.75) is 58.8 Å². The minimum Gasteiger partial charge on any atom is -0.508 e. The first-order valence-corrected chi connectivity index (χ1v) is 11.1. The Morgan fingerprint density at radius 3 is 2.68 bits per heavy atom. The number of likely N-dealkylation sites (tertiary alicyclic amines) is 1. The Bertz CT molecular complexity index is 969. The van der Waals surface area contributed by atoms with E-state index in [1.165, 1.54) is 16.2 Å². The van der Waals surface area contributed by atoms with Crippen LogP contribution >= 0.6 is 11.3 Å². The number of thiazole rings is 1. The molecule has 3 rings (SSSR count). The van der Waals surface area contributed by atoms with Crippen LogP contribution in [0.2, 0.25) is 0 Å². The molecule has 1 aliphatic heterocycles. The monoisotopic (exact) mass is 446 g/mol. The number of rotatable bonds is 5. The fraction of sp³-hybridized carbons (Fsp3) is 0.500. The second kappa shape index (κ2) is 8.94. The van der Waals surface area contributed by atoms with Gasteiger partial charge in [-0.1, -0.05) is 32.9 Å². The van der Waals surface area contributed by atoms with E-state index in [4.69, 9.17) is 5.73 Å². The molecule has 1 fully saturated rings. The maximum Gasteiger partial charge on any atom is 0.243 e. The molecule has 5 N–H and O–H groups in total. The fourth-order valence-electron chi connectivity index (χ4n) is 3.59. The van der Waals surface area contributed by atoms with E-state index in [-0.39, 0.29) is 37.1 Å². The van der Waals surface area contributed by atoms with Crippen LogP contribution in [0.5, 0.6) is 5.75 Å². The Kier molecular flexibility index (Phi) is 6.68. The van der Waals surface area contributed by atoms with Crippen LogP contribution in [0.3, 0.4) is 0 Å². The number of aromatic hydroxyl groups is 1. The molecule has 0 radical (unpaired) electrons. The molecule has 8 nitrogen and oxygen atoms in total. The summed E-state index contributed by atoms with van der Waals surface area (Å²) in [6, 6.07) is 3.71. The Balaban J connectivity index is 1.68. The highest BCUT2D eigenvalue weighted by molar-refractivity contribution is 7.13. The van der Waals surface area contributed by atoms with E-state index in [2.05, 4.69) is 10.3 Å². The molecule has 0 bridgehead atoms. The SMILES string of the molecule is Cc1ncsc1-c1ccc(CNC(=O)[C@H]2C[C@@H](O)CN2C(=O)[C@@H](N)C(C)(C)C)c(O)c1. The lowest BCUT2D eigenvalue weighted by atomic mass is 9.86. The van der Waals surface area contributed by atoms with E-state index in [0.717, 1.165) is 16.1 Å². The third-order valence-corrected chi connectivity index (χ3v) is 6.59. The van der Waals surface area contributed by atoms with Crippen molar-refractivity contribution < 1.29 is 19.8 Å². The summed E-state index contributed by atoms with van der Waals surface area (Å²) in [4.78, 5) is 32.2. The number of carbonyl (C=O) groups excluding carboxylic acids is 2. The predicted molar refractivity (Wildman–Crippen MR) is 119 cm³/mol. The molecule has 0 saturated carbocycles. The van der Waals surface area contributed by atoms with Crippen LogP contribution in [-0.4, -0.2) is 56.6 Å². The number of β-amino-alcohol motifs (C(OH)–C–C–N with tert-alkyl or cyclic N) is 1. The average molecular weight is 447 g/mol. The van der Waals surface area contributed by atoms with Gasteiger partial charge in [0.05, 0.1) is 28.2 Å². The molecule has 2 heterocycles. The van der Waals surface area contributed by atoms with Crippen LogP contribution in [0, 0.1) is 12.3 Å². The normalized spacial score (nSPS) is 20.0. The molecular weight excluding hydrogens is 416 g/mol. The molecule has 0 unspecified atom stereocenters. The highest BCUT2D eigenvalue weighted by Gasteiger charge is 2.42. The molecule has 9 heteroatoms. The third-order valence-electron chi connectivity index (χ3n) is 5.61. The zero-order valence-corrected chi connectivity index (χ0v) is 19.1. The number of nitrogens with zero attached hydrogens (tertiary/aromatic N) is 2. The van der Waals surface area contributed by atoms with Crippen molar-refractivity contribution in [3.05, 3.63) is 35.0 Å². The lowest BCUT2D eigenvalue weighted by Gasteiger charge is -2.32. The van der Waals surface area contributed by atoms with Gasteiger partial charge in [0.2, 0.25) is 11.8 Å². The van der Waals surface area contributed by atoms with Gasteiger partial charge in [-0.25, -0.2) is 4.98 Å². The number of aryl methyl sites for hydroxylation is 1. The van der Waals surface area contributed by atoms with Gasteiger partial charge in [-0.3, -0.25) is 9.59 Å². The summed E-state index contributed by atoms with van der Waals surface area (Å²) < 4.78 is 0. The van der Waals surface area contributed by atoms with Gasteiger partial charge in [0.1, 0.15) is 11.8 Å². The number of benzene rings is 1. The second-order valence-corrected chi connectivity index (χ2v) is 9.92. The molecule has 1 aromatic carbocycles. The standard InChI is InChI=1S/C22H30N4O4S/c1-12-18(31-11-25-12)13-5-6-14(17(28)7-13)9-24-20(29)16-8-15(27)10-26(16)21(30)19(23)22(2,3)4/h5-7,11,15-16,19,27-28H,8-10,23H2,1-4H3,(H,24,29)/t15-,16-,19-/m1/s1. The summed E-state index contributed by atoms with van der Waals surface area (Å²) in [5.74, 6) is -0.663. The smallest absolute Gasteiger partial charge is 0.243 e. The van der Waals surface area contributed by atoms with Gasteiger partial charge >= 0.3 is 0 Å². The van der Waals surface area contributed by atoms with Gasteiger partial charge < -0.3 is 26.2 Å². The summed E-state index contributed by atoms with van der Waals surface area (Å²) in [7, 11) is 0. The summed E-state index contributed by atoms with van der Waals surface area (Å²) in [6.07, 6.45) is -0.619. The highest BCUT2D eigenvalue weighted by atomic mass is 32.1. The maximum absolute atomic E-state index is 12.8. The number of nitrogens with two attached hydrogens (primary N) is 1. The molecule has 0 spiro atoms. The van der Waals surface area contributed by atoms with Crippen LogP contribution in [0.15, 0.2) is 23.7 Å². The molecule has 2 aromatic rings. The van der Waals surface area contributed by atoms with Crippen LogP contribution in [-0.2, 0) is 16.1 Å². The number of carbonyl (C=O) groups is 2. The maximum atomic E-state index is 12.8. The summed E-state index contributed by atoms with van der Waals surface area (Å²) in [5.41, 5.74) is 9.69. The van der Waals surface area contributed by atoms with Crippen molar-refractivity contribution in [3.8, 4) is 16.2 Å². The fourth-order valence-corrected chi connectivity index (χ4v) is 4.39. The lowest BCUT2D eigenvalue weighted by Crippen LogP contribution is -2.54. The van der Waals surface area contributed by atoms with Crippen LogP contribution in [0.25, 0.3) is 10.4 Å². The van der Waals surface area contributed by atoms with Gasteiger partial charge in [0, 0.05) is 25.1 Å². The van der Waals surface area contributed by atoms with Crippen molar-refractivity contribution >= 4 is 23.2 Å². The van der Waals surface area contributed by atoms with Gasteiger partial charge in [-0.05, 0) is 24.0 Å². The van der Waals surface area contributed by atoms with Gasteiger partial charge in [0.15, 0.2) is 0 Å². The van der Waals surface area contributed by atoms with E-state index in [1.807, 2.05) is 33.8 Å². The first-order valence-electron chi connectivity index (χ1n) is 10.2. The Hall–Kier alpha value is -2.49. The molecule has 1 saturated heterocycles. The zero-order chi connectivity index (χ0) is 22.9. The number of aliphatic hydroxyl groups excluding tert-OH is 1. The quantitative estimate of drug-likeness (QED) is 0.554. The third kappa shape index (κ3) is 5.06. The number of aromatic nitrogens is 1. The topological polar surface area (TPSA) is 129 Å². The number of hydrogen-bond donors (Lipinski definition) is 4. The molecule has 1 aliphatic rings. The minimum atomic E-state index is -0.794. The van der Waals surface area contributed by atoms with Crippen LogP contribution in [0.1, 0.15) is 38.4 Å². The molecule has 2 amide bonds. The first kappa shape index (κ1) is 23.2. The van der Waals surface area contributed by atoms with Gasteiger partial charge in [-0.15, -0.1) is 11.3 Å². The second-order valence-electron chi connectivity index (χ2n) is 9.07. The van der Waals surface area contributed by atoms with Crippen molar-refractivity contribution in [2.75, 3.05) is 6.54 Å². The van der Waals surface area contributed by atoms with Crippen molar-refractivity contribution in [1.29, 1.82) is 0 Å². The van der Waals surface area contributed by atoms with Gasteiger partial charge in [0.25, 0.3) is 0 Å². The number of amides is 2. The highest BCUT2D eigenvalue weighted by Crippen LogP contribution is 2.31. The number of hydrogen-bond acceptors (Lipinski definition) is 7. The summed E-state index contributed by atoms with van der Waals surface area (Å²) in [5, 5.41) is 23.3. The van der Waals surface area contributed by atoms with E-state index in [9.17, 15) is 19.8 Å². The Morgan fingerprint density at radius 1 is 1.39 bits per heavy atom. The van der Waals surface area contributed by atoms with E-state index < -0.39 is 23.6 Å². The summed E-state index contributed by atoms with van der Waals surface area (Å²) in [6.45, 7) is 7.67.